The Labute approximate surface area is 117 Å². The monoisotopic (exact) mass is 281 g/mol. The van der Waals surface area contributed by atoms with Crippen molar-refractivity contribution < 1.29 is 14.3 Å². The van der Waals surface area contributed by atoms with Gasteiger partial charge in [0.05, 0.1) is 7.11 Å². The summed E-state index contributed by atoms with van der Waals surface area (Å²) in [5.74, 6) is -0.601. The van der Waals surface area contributed by atoms with Gasteiger partial charge in [-0.2, -0.15) is 0 Å². The van der Waals surface area contributed by atoms with Crippen molar-refractivity contribution in [3.8, 4) is 0 Å². The van der Waals surface area contributed by atoms with E-state index in [1.807, 2.05) is 32.2 Å². The summed E-state index contributed by atoms with van der Waals surface area (Å²) in [7, 11) is 1.32. The van der Waals surface area contributed by atoms with Gasteiger partial charge in [0.25, 0.3) is 0 Å². The lowest BCUT2D eigenvalue weighted by molar-refractivity contribution is -0.146. The van der Waals surface area contributed by atoms with Crippen molar-refractivity contribution in [2.45, 2.75) is 26.8 Å². The first-order chi connectivity index (χ1) is 8.95. The summed E-state index contributed by atoms with van der Waals surface area (Å²) in [5, 5.41) is 1.98. The number of carbonyl (C=O) groups excluding carboxylic acids is 2. The fraction of sp³-hybridized carbons (Fsp3) is 0.429. The first-order valence-electron chi connectivity index (χ1n) is 6.05. The van der Waals surface area contributed by atoms with Gasteiger partial charge in [-0.3, -0.25) is 9.59 Å². The summed E-state index contributed by atoms with van der Waals surface area (Å²) in [4.78, 5) is 25.9. The molecule has 5 heteroatoms. The van der Waals surface area contributed by atoms with Crippen LogP contribution in [0.15, 0.2) is 17.5 Å². The second kappa shape index (κ2) is 7.09. The third-order valence-corrected chi connectivity index (χ3v) is 3.70. The zero-order valence-electron chi connectivity index (χ0n) is 11.7. The van der Waals surface area contributed by atoms with E-state index in [2.05, 4.69) is 4.74 Å². The number of aryl methyl sites for hydroxylation is 1. The van der Waals surface area contributed by atoms with Crippen LogP contribution in [0.3, 0.4) is 0 Å². The number of amides is 1. The molecule has 1 rings (SSSR count). The number of hydrogen-bond acceptors (Lipinski definition) is 4. The molecule has 0 aliphatic carbocycles. The first kappa shape index (κ1) is 15.4. The number of ether oxygens (including phenoxy) is 1. The normalized spacial score (nSPS) is 11.0. The Morgan fingerprint density at radius 3 is 2.63 bits per heavy atom. The molecule has 1 heterocycles. The average Bonchev–Trinajstić information content (AvgIpc) is 2.77. The van der Waals surface area contributed by atoms with Crippen molar-refractivity contribution in [1.82, 2.24) is 4.90 Å². The third-order valence-electron chi connectivity index (χ3n) is 2.71. The summed E-state index contributed by atoms with van der Waals surface area (Å²) >= 11 is 1.58. The highest BCUT2D eigenvalue weighted by Crippen LogP contribution is 2.17. The van der Waals surface area contributed by atoms with Crippen molar-refractivity contribution in [3.63, 3.8) is 0 Å². The Bertz CT molecular complexity index is 477. The maximum absolute atomic E-state index is 12.1. The molecule has 0 radical (unpaired) electrons. The highest BCUT2D eigenvalue weighted by atomic mass is 32.1. The second-order valence-corrected chi connectivity index (χ2v) is 5.38. The van der Waals surface area contributed by atoms with E-state index in [9.17, 15) is 9.59 Å². The Morgan fingerprint density at radius 1 is 1.47 bits per heavy atom. The van der Waals surface area contributed by atoms with Crippen LogP contribution in [0, 0.1) is 6.92 Å². The molecule has 0 unspecified atom stereocenters. The lowest BCUT2D eigenvalue weighted by Gasteiger charge is -2.23. The standard InChI is InChI=1S/C14H19NO3S/c1-10(2)15(9-14(17)18-4)13(16)6-5-12-11(3)7-8-19-12/h5-8,10H,9H2,1-4H3/b6-5+. The van der Waals surface area contributed by atoms with E-state index in [0.29, 0.717) is 0 Å². The molecule has 0 bridgehead atoms. The van der Waals surface area contributed by atoms with Crippen LogP contribution < -0.4 is 0 Å². The minimum absolute atomic E-state index is 0.0270. The van der Waals surface area contributed by atoms with E-state index in [4.69, 9.17) is 0 Å². The number of hydrogen-bond donors (Lipinski definition) is 0. The number of rotatable bonds is 5. The Kier molecular flexibility index (Phi) is 5.76. The topological polar surface area (TPSA) is 46.6 Å². The van der Waals surface area contributed by atoms with Crippen molar-refractivity contribution in [1.29, 1.82) is 0 Å². The number of esters is 1. The molecule has 0 aromatic carbocycles. The molecule has 0 aliphatic rings. The molecular weight excluding hydrogens is 262 g/mol. The van der Waals surface area contributed by atoms with Crippen molar-refractivity contribution in [3.05, 3.63) is 28.0 Å². The van der Waals surface area contributed by atoms with Gasteiger partial charge in [-0.1, -0.05) is 0 Å². The summed E-state index contributed by atoms with van der Waals surface area (Å²) in [5.41, 5.74) is 1.14. The fourth-order valence-electron chi connectivity index (χ4n) is 1.52. The Hall–Kier alpha value is -1.62. The maximum Gasteiger partial charge on any atom is 0.325 e. The summed E-state index contributed by atoms with van der Waals surface area (Å²) in [6.45, 7) is 5.70. The van der Waals surface area contributed by atoms with Gasteiger partial charge in [0, 0.05) is 17.0 Å². The molecule has 0 saturated carbocycles. The van der Waals surface area contributed by atoms with Crippen LogP contribution in [-0.4, -0.2) is 36.5 Å². The quantitative estimate of drug-likeness (QED) is 0.615. The van der Waals surface area contributed by atoms with Gasteiger partial charge in [0.2, 0.25) is 5.91 Å². The molecule has 1 amide bonds. The molecule has 0 N–H and O–H groups in total. The molecule has 19 heavy (non-hydrogen) atoms. The highest BCUT2D eigenvalue weighted by Gasteiger charge is 2.18. The molecule has 0 aliphatic heterocycles. The van der Waals surface area contributed by atoms with Crippen molar-refractivity contribution in [2.75, 3.05) is 13.7 Å². The lowest BCUT2D eigenvalue weighted by Crippen LogP contribution is -2.40. The number of carbonyl (C=O) groups is 2. The molecule has 1 aromatic heterocycles. The van der Waals surface area contributed by atoms with Gasteiger partial charge in [0.15, 0.2) is 0 Å². The molecule has 1 aromatic rings. The van der Waals surface area contributed by atoms with E-state index in [-0.39, 0.29) is 18.5 Å². The minimum atomic E-state index is -0.414. The van der Waals surface area contributed by atoms with Gasteiger partial charge in [-0.05, 0) is 43.9 Å². The van der Waals surface area contributed by atoms with Crippen LogP contribution in [0.2, 0.25) is 0 Å². The lowest BCUT2D eigenvalue weighted by atomic mass is 10.2. The minimum Gasteiger partial charge on any atom is -0.468 e. The van der Waals surface area contributed by atoms with Crippen LogP contribution in [0.5, 0.6) is 0 Å². The van der Waals surface area contributed by atoms with E-state index in [0.717, 1.165) is 10.4 Å². The molecule has 4 nitrogen and oxygen atoms in total. The van der Waals surface area contributed by atoms with Crippen LogP contribution in [-0.2, 0) is 14.3 Å². The highest BCUT2D eigenvalue weighted by molar-refractivity contribution is 7.11. The summed E-state index contributed by atoms with van der Waals surface area (Å²) < 4.78 is 4.60. The van der Waals surface area contributed by atoms with Gasteiger partial charge in [0.1, 0.15) is 6.54 Å². The maximum atomic E-state index is 12.1. The van der Waals surface area contributed by atoms with Gasteiger partial charge >= 0.3 is 5.97 Å². The summed E-state index contributed by atoms with van der Waals surface area (Å²) in [6.07, 6.45) is 3.29. The third kappa shape index (κ3) is 4.52. The molecule has 104 valence electrons. The van der Waals surface area contributed by atoms with Crippen LogP contribution >= 0.6 is 11.3 Å². The van der Waals surface area contributed by atoms with Gasteiger partial charge < -0.3 is 9.64 Å². The van der Waals surface area contributed by atoms with E-state index in [1.54, 1.807) is 17.4 Å². The average molecular weight is 281 g/mol. The van der Waals surface area contributed by atoms with Crippen LogP contribution in [0.1, 0.15) is 24.3 Å². The van der Waals surface area contributed by atoms with E-state index >= 15 is 0 Å². The molecule has 0 saturated heterocycles. The van der Waals surface area contributed by atoms with Crippen LogP contribution in [0.25, 0.3) is 6.08 Å². The van der Waals surface area contributed by atoms with Gasteiger partial charge in [-0.15, -0.1) is 11.3 Å². The van der Waals surface area contributed by atoms with E-state index in [1.165, 1.54) is 18.1 Å². The molecule has 0 atom stereocenters. The molecule has 0 fully saturated rings. The van der Waals surface area contributed by atoms with Gasteiger partial charge in [-0.25, -0.2) is 0 Å². The molecule has 0 spiro atoms. The molecular formula is C14H19NO3S. The Balaban J connectivity index is 2.75. The SMILES string of the molecule is COC(=O)CN(C(=O)/C=C/c1sccc1C)C(C)C. The van der Waals surface area contributed by atoms with Crippen molar-refractivity contribution in [2.24, 2.45) is 0 Å². The largest absolute Gasteiger partial charge is 0.468 e. The Morgan fingerprint density at radius 2 is 2.16 bits per heavy atom. The van der Waals surface area contributed by atoms with Crippen LogP contribution in [0.4, 0.5) is 0 Å². The zero-order valence-corrected chi connectivity index (χ0v) is 12.5. The van der Waals surface area contributed by atoms with E-state index < -0.39 is 5.97 Å². The predicted octanol–water partition coefficient (Wildman–Crippen LogP) is 2.48. The number of methoxy groups -OCH3 is 1. The second-order valence-electron chi connectivity index (χ2n) is 4.44. The summed E-state index contributed by atoms with van der Waals surface area (Å²) in [6, 6.07) is 1.95. The smallest absolute Gasteiger partial charge is 0.325 e. The first-order valence-corrected chi connectivity index (χ1v) is 6.93. The number of nitrogens with zero attached hydrogens (tertiary/aromatic N) is 1. The fourth-order valence-corrected chi connectivity index (χ4v) is 2.34. The zero-order chi connectivity index (χ0) is 14.4. The number of thiophene rings is 1. The van der Waals surface area contributed by atoms with Crippen molar-refractivity contribution >= 4 is 29.3 Å². The predicted molar refractivity (Wildman–Crippen MR) is 77.0 cm³/mol.